The van der Waals surface area contributed by atoms with Crippen LogP contribution in [0.25, 0.3) is 0 Å². The summed E-state index contributed by atoms with van der Waals surface area (Å²) in [7, 11) is 3.12. The van der Waals surface area contributed by atoms with Crippen molar-refractivity contribution < 1.29 is 9.53 Å². The Balaban J connectivity index is 0.00000312. The molecule has 0 spiro atoms. The van der Waals surface area contributed by atoms with E-state index in [0.717, 1.165) is 11.5 Å². The van der Waals surface area contributed by atoms with E-state index in [9.17, 15) is 4.79 Å². The highest BCUT2D eigenvalue weighted by Crippen LogP contribution is 2.07. The highest BCUT2D eigenvalue weighted by molar-refractivity contribution is 14.0. The van der Waals surface area contributed by atoms with Crippen molar-refractivity contribution in [3.63, 3.8) is 0 Å². The highest BCUT2D eigenvalue weighted by atomic mass is 127. The van der Waals surface area contributed by atoms with Crippen molar-refractivity contribution in [3.8, 4) is 0 Å². The summed E-state index contributed by atoms with van der Waals surface area (Å²) >= 11 is 0. The molecule has 134 valence electrons. The number of carbonyl (C=O) groups is 1. The second-order valence-electron chi connectivity index (χ2n) is 5.39. The second-order valence-corrected chi connectivity index (χ2v) is 5.39. The van der Waals surface area contributed by atoms with Crippen LogP contribution in [0, 0.1) is 6.92 Å². The standard InChI is InChI=1S/C19H23N3O2.HI/c1-14-6-4-5-7-17(14)13-22-19(20-2)21-12-15-8-10-16(11-9-15)18(23)24-3;/h4-11H,12-13H2,1-3H3,(H2,20,21,22);1H. The number of hydrogen-bond acceptors (Lipinski definition) is 3. The van der Waals surface area contributed by atoms with E-state index < -0.39 is 0 Å². The number of nitrogens with zero attached hydrogens (tertiary/aromatic N) is 1. The van der Waals surface area contributed by atoms with Gasteiger partial charge in [-0.05, 0) is 35.7 Å². The lowest BCUT2D eigenvalue weighted by molar-refractivity contribution is 0.0600. The van der Waals surface area contributed by atoms with Crippen LogP contribution in [0.5, 0.6) is 0 Å². The quantitative estimate of drug-likeness (QED) is 0.316. The third-order valence-electron chi connectivity index (χ3n) is 3.77. The first kappa shape index (κ1) is 21.0. The van der Waals surface area contributed by atoms with Gasteiger partial charge in [-0.1, -0.05) is 36.4 Å². The minimum Gasteiger partial charge on any atom is -0.465 e. The summed E-state index contributed by atoms with van der Waals surface area (Å²) in [4.78, 5) is 15.6. The van der Waals surface area contributed by atoms with E-state index in [0.29, 0.717) is 18.7 Å². The zero-order chi connectivity index (χ0) is 17.4. The first-order valence-corrected chi connectivity index (χ1v) is 7.80. The first-order valence-electron chi connectivity index (χ1n) is 7.80. The lowest BCUT2D eigenvalue weighted by atomic mass is 10.1. The van der Waals surface area contributed by atoms with Crippen molar-refractivity contribution in [2.24, 2.45) is 4.99 Å². The van der Waals surface area contributed by atoms with Gasteiger partial charge in [-0.25, -0.2) is 4.79 Å². The van der Waals surface area contributed by atoms with Gasteiger partial charge in [-0.2, -0.15) is 0 Å². The number of guanidine groups is 1. The van der Waals surface area contributed by atoms with Crippen LogP contribution in [0.4, 0.5) is 0 Å². The zero-order valence-electron chi connectivity index (χ0n) is 14.7. The molecule has 0 saturated carbocycles. The van der Waals surface area contributed by atoms with Gasteiger partial charge in [0.05, 0.1) is 12.7 Å². The summed E-state index contributed by atoms with van der Waals surface area (Å²) < 4.78 is 4.69. The third kappa shape index (κ3) is 6.38. The number of carbonyl (C=O) groups excluding carboxylic acids is 1. The molecule has 2 N–H and O–H groups in total. The van der Waals surface area contributed by atoms with Crippen molar-refractivity contribution in [3.05, 3.63) is 70.8 Å². The van der Waals surface area contributed by atoms with Crippen LogP contribution < -0.4 is 10.6 Å². The zero-order valence-corrected chi connectivity index (χ0v) is 17.0. The maximum Gasteiger partial charge on any atom is 0.337 e. The molecular formula is C19H24IN3O2. The van der Waals surface area contributed by atoms with E-state index in [4.69, 9.17) is 4.74 Å². The smallest absolute Gasteiger partial charge is 0.337 e. The topological polar surface area (TPSA) is 62.7 Å². The average Bonchev–Trinajstić information content (AvgIpc) is 2.63. The summed E-state index contributed by atoms with van der Waals surface area (Å²) in [6.45, 7) is 3.43. The highest BCUT2D eigenvalue weighted by Gasteiger charge is 2.05. The Hall–Kier alpha value is -2.09. The van der Waals surface area contributed by atoms with E-state index in [1.54, 1.807) is 19.2 Å². The van der Waals surface area contributed by atoms with Gasteiger partial charge in [0, 0.05) is 20.1 Å². The molecule has 2 rings (SSSR count). The van der Waals surface area contributed by atoms with Gasteiger partial charge in [0.15, 0.2) is 5.96 Å². The number of aryl methyl sites for hydroxylation is 1. The molecule has 25 heavy (non-hydrogen) atoms. The minimum atomic E-state index is -0.329. The van der Waals surface area contributed by atoms with E-state index >= 15 is 0 Å². The maximum atomic E-state index is 11.4. The molecule has 0 aliphatic heterocycles. The predicted octanol–water partition coefficient (Wildman–Crippen LogP) is 3.26. The fourth-order valence-electron chi connectivity index (χ4n) is 2.27. The minimum absolute atomic E-state index is 0. The van der Waals surface area contributed by atoms with Crippen molar-refractivity contribution in [1.29, 1.82) is 0 Å². The van der Waals surface area contributed by atoms with E-state index in [1.165, 1.54) is 18.2 Å². The summed E-state index contributed by atoms with van der Waals surface area (Å²) in [5.41, 5.74) is 4.09. The van der Waals surface area contributed by atoms with Gasteiger partial charge in [-0.15, -0.1) is 24.0 Å². The molecule has 0 unspecified atom stereocenters. The summed E-state index contributed by atoms with van der Waals surface area (Å²) in [5, 5.41) is 6.56. The van der Waals surface area contributed by atoms with Gasteiger partial charge in [0.1, 0.15) is 0 Å². The Morgan fingerprint density at radius 3 is 2.28 bits per heavy atom. The van der Waals surface area contributed by atoms with Crippen LogP contribution in [0.2, 0.25) is 0 Å². The first-order chi connectivity index (χ1) is 11.6. The molecule has 0 aliphatic carbocycles. The monoisotopic (exact) mass is 453 g/mol. The van der Waals surface area contributed by atoms with Gasteiger partial charge in [0.2, 0.25) is 0 Å². The summed E-state index contributed by atoms with van der Waals surface area (Å²) in [5.74, 6) is 0.403. The molecule has 2 aromatic rings. The largest absolute Gasteiger partial charge is 0.465 e. The molecule has 0 heterocycles. The van der Waals surface area contributed by atoms with Crippen LogP contribution in [0.3, 0.4) is 0 Å². The third-order valence-corrected chi connectivity index (χ3v) is 3.77. The number of nitrogens with one attached hydrogen (secondary N) is 2. The number of esters is 1. The number of methoxy groups -OCH3 is 1. The lowest BCUT2D eigenvalue weighted by Crippen LogP contribution is -2.36. The Morgan fingerprint density at radius 1 is 1.04 bits per heavy atom. The van der Waals surface area contributed by atoms with Gasteiger partial charge in [-0.3, -0.25) is 4.99 Å². The molecule has 0 amide bonds. The number of rotatable bonds is 5. The molecule has 2 aromatic carbocycles. The maximum absolute atomic E-state index is 11.4. The van der Waals surface area contributed by atoms with Gasteiger partial charge < -0.3 is 15.4 Å². The van der Waals surface area contributed by atoms with E-state index in [-0.39, 0.29) is 29.9 Å². The Bertz CT molecular complexity index is 715. The molecule has 0 radical (unpaired) electrons. The Kier molecular flexibility index (Phi) is 8.98. The number of ether oxygens (including phenoxy) is 1. The number of benzene rings is 2. The SMILES string of the molecule is CN=C(NCc1ccc(C(=O)OC)cc1)NCc1ccccc1C.I. The van der Waals surface area contributed by atoms with Gasteiger partial charge in [0.25, 0.3) is 0 Å². The molecule has 0 aromatic heterocycles. The normalized spacial score (nSPS) is 10.6. The van der Waals surface area contributed by atoms with E-state index in [2.05, 4.69) is 34.7 Å². The molecule has 0 bridgehead atoms. The molecule has 5 nitrogen and oxygen atoms in total. The Labute approximate surface area is 165 Å². The number of aliphatic imine (C=N–C) groups is 1. The second kappa shape index (κ2) is 10.7. The number of hydrogen-bond donors (Lipinski definition) is 2. The van der Waals surface area contributed by atoms with Crippen LogP contribution in [0.1, 0.15) is 27.0 Å². The van der Waals surface area contributed by atoms with Gasteiger partial charge >= 0.3 is 5.97 Å². The average molecular weight is 453 g/mol. The fourth-order valence-corrected chi connectivity index (χ4v) is 2.27. The van der Waals surface area contributed by atoms with Crippen molar-refractivity contribution in [2.75, 3.05) is 14.2 Å². The molecule has 0 aliphatic rings. The molecule has 0 fully saturated rings. The molecular weight excluding hydrogens is 429 g/mol. The molecule has 0 atom stereocenters. The van der Waals surface area contributed by atoms with E-state index in [1.807, 2.05) is 24.3 Å². The Morgan fingerprint density at radius 2 is 1.68 bits per heavy atom. The van der Waals surface area contributed by atoms with Crippen molar-refractivity contribution in [2.45, 2.75) is 20.0 Å². The van der Waals surface area contributed by atoms with Crippen molar-refractivity contribution in [1.82, 2.24) is 10.6 Å². The van der Waals surface area contributed by atoms with Crippen LogP contribution in [-0.2, 0) is 17.8 Å². The van der Waals surface area contributed by atoms with Crippen molar-refractivity contribution >= 4 is 35.9 Å². The predicted molar refractivity (Wildman–Crippen MR) is 111 cm³/mol. The molecule has 6 heteroatoms. The summed E-state index contributed by atoms with van der Waals surface area (Å²) in [6, 6.07) is 15.6. The molecule has 0 saturated heterocycles. The summed E-state index contributed by atoms with van der Waals surface area (Å²) in [6.07, 6.45) is 0. The van der Waals surface area contributed by atoms with Crippen LogP contribution in [0.15, 0.2) is 53.5 Å². The lowest BCUT2D eigenvalue weighted by Gasteiger charge is -2.13. The number of halogens is 1. The van der Waals surface area contributed by atoms with Crippen LogP contribution in [-0.4, -0.2) is 26.1 Å². The van der Waals surface area contributed by atoms with Crippen LogP contribution >= 0.6 is 24.0 Å². The fraction of sp³-hybridized carbons (Fsp3) is 0.263.